The van der Waals surface area contributed by atoms with Crippen molar-refractivity contribution in [2.45, 2.75) is 51.0 Å². The Morgan fingerprint density at radius 1 is 1.00 bits per heavy atom. The van der Waals surface area contributed by atoms with E-state index in [2.05, 4.69) is 17.3 Å². The topological polar surface area (TPSA) is 15.3 Å². The standard InChI is InChI=1S/C13H26N2/c1-14-13-7-9-15(10-8-13)11-12-5-3-2-4-6-12/h12-14H,2-11H2,1H3. The van der Waals surface area contributed by atoms with E-state index in [1.165, 1.54) is 64.6 Å². The zero-order valence-corrected chi connectivity index (χ0v) is 10.2. The Morgan fingerprint density at radius 3 is 2.27 bits per heavy atom. The van der Waals surface area contributed by atoms with Crippen LogP contribution in [0.1, 0.15) is 44.9 Å². The molecule has 2 rings (SSSR count). The summed E-state index contributed by atoms with van der Waals surface area (Å²) in [4.78, 5) is 2.70. The van der Waals surface area contributed by atoms with Crippen molar-refractivity contribution in [2.75, 3.05) is 26.7 Å². The second-order valence-electron chi connectivity index (χ2n) is 5.37. The van der Waals surface area contributed by atoms with Gasteiger partial charge in [-0.2, -0.15) is 0 Å². The van der Waals surface area contributed by atoms with Crippen LogP contribution in [0.3, 0.4) is 0 Å². The van der Waals surface area contributed by atoms with Crippen LogP contribution in [0.2, 0.25) is 0 Å². The third kappa shape index (κ3) is 3.46. The first-order chi connectivity index (χ1) is 7.38. The average Bonchev–Trinajstić information content (AvgIpc) is 2.31. The van der Waals surface area contributed by atoms with Crippen LogP contribution in [0.25, 0.3) is 0 Å². The average molecular weight is 210 g/mol. The lowest BCUT2D eigenvalue weighted by atomic mass is 9.88. The monoisotopic (exact) mass is 210 g/mol. The Hall–Kier alpha value is -0.0800. The van der Waals surface area contributed by atoms with Crippen LogP contribution < -0.4 is 5.32 Å². The van der Waals surface area contributed by atoms with Gasteiger partial charge in [-0.15, -0.1) is 0 Å². The summed E-state index contributed by atoms with van der Waals surface area (Å²) in [6.45, 7) is 4.03. The van der Waals surface area contributed by atoms with Crippen molar-refractivity contribution in [1.29, 1.82) is 0 Å². The molecule has 88 valence electrons. The maximum atomic E-state index is 3.40. The molecule has 0 spiro atoms. The number of likely N-dealkylation sites (tertiary alicyclic amines) is 1. The Morgan fingerprint density at radius 2 is 1.67 bits per heavy atom. The lowest BCUT2D eigenvalue weighted by Crippen LogP contribution is -2.43. The van der Waals surface area contributed by atoms with Crippen molar-refractivity contribution in [3.8, 4) is 0 Å². The highest BCUT2D eigenvalue weighted by atomic mass is 15.1. The van der Waals surface area contributed by atoms with Crippen molar-refractivity contribution >= 4 is 0 Å². The third-order valence-corrected chi connectivity index (χ3v) is 4.24. The van der Waals surface area contributed by atoms with E-state index in [-0.39, 0.29) is 0 Å². The molecule has 0 aromatic rings. The predicted octanol–water partition coefficient (Wildman–Crippen LogP) is 2.25. The van der Waals surface area contributed by atoms with Crippen molar-refractivity contribution in [1.82, 2.24) is 10.2 Å². The van der Waals surface area contributed by atoms with E-state index >= 15 is 0 Å². The Kier molecular flexibility index (Phi) is 4.45. The fourth-order valence-electron chi connectivity index (χ4n) is 3.14. The zero-order valence-electron chi connectivity index (χ0n) is 10.2. The van der Waals surface area contributed by atoms with Crippen LogP contribution in [-0.4, -0.2) is 37.6 Å². The lowest BCUT2D eigenvalue weighted by molar-refractivity contribution is 0.158. The summed E-state index contributed by atoms with van der Waals surface area (Å²) in [7, 11) is 2.10. The van der Waals surface area contributed by atoms with Crippen molar-refractivity contribution < 1.29 is 0 Å². The molecule has 0 bridgehead atoms. The summed E-state index contributed by atoms with van der Waals surface area (Å²) in [5.74, 6) is 1.02. The van der Waals surface area contributed by atoms with Gasteiger partial charge >= 0.3 is 0 Å². The largest absolute Gasteiger partial charge is 0.317 e. The molecule has 2 heteroatoms. The van der Waals surface area contributed by atoms with Crippen molar-refractivity contribution in [3.05, 3.63) is 0 Å². The van der Waals surface area contributed by atoms with E-state index in [0.717, 1.165) is 12.0 Å². The molecule has 1 saturated carbocycles. The molecular formula is C13H26N2. The third-order valence-electron chi connectivity index (χ3n) is 4.24. The Balaban J connectivity index is 1.67. The van der Waals surface area contributed by atoms with Crippen LogP contribution in [0.4, 0.5) is 0 Å². The first-order valence-corrected chi connectivity index (χ1v) is 6.78. The van der Waals surface area contributed by atoms with Gasteiger partial charge in [0.25, 0.3) is 0 Å². The Bertz CT molecular complexity index is 167. The highest BCUT2D eigenvalue weighted by Crippen LogP contribution is 2.25. The van der Waals surface area contributed by atoms with Crippen LogP contribution in [0.5, 0.6) is 0 Å². The van der Waals surface area contributed by atoms with Gasteiger partial charge in [0.05, 0.1) is 0 Å². The summed E-state index contributed by atoms with van der Waals surface area (Å²) in [6, 6.07) is 0.785. The molecule has 2 nitrogen and oxygen atoms in total. The molecule has 1 aliphatic carbocycles. The molecule has 1 aliphatic heterocycles. The van der Waals surface area contributed by atoms with Gasteiger partial charge in [0.2, 0.25) is 0 Å². The van der Waals surface area contributed by atoms with Gasteiger partial charge in [-0.3, -0.25) is 0 Å². The summed E-state index contributed by atoms with van der Waals surface area (Å²) < 4.78 is 0. The van der Waals surface area contributed by atoms with Crippen LogP contribution in [-0.2, 0) is 0 Å². The van der Waals surface area contributed by atoms with Gasteiger partial charge in [0.1, 0.15) is 0 Å². The van der Waals surface area contributed by atoms with E-state index in [1.54, 1.807) is 0 Å². The first-order valence-electron chi connectivity index (χ1n) is 6.78. The molecule has 0 radical (unpaired) electrons. The lowest BCUT2D eigenvalue weighted by Gasteiger charge is -2.35. The highest BCUT2D eigenvalue weighted by molar-refractivity contribution is 4.78. The smallest absolute Gasteiger partial charge is 0.00884 e. The molecule has 1 heterocycles. The zero-order chi connectivity index (χ0) is 10.5. The van der Waals surface area contributed by atoms with Gasteiger partial charge in [0.15, 0.2) is 0 Å². The fourth-order valence-corrected chi connectivity index (χ4v) is 3.14. The molecule has 1 N–H and O–H groups in total. The van der Waals surface area contributed by atoms with Gasteiger partial charge in [-0.05, 0) is 51.7 Å². The maximum Gasteiger partial charge on any atom is 0.00884 e. The fraction of sp³-hybridized carbons (Fsp3) is 1.00. The van der Waals surface area contributed by atoms with E-state index in [4.69, 9.17) is 0 Å². The molecule has 2 aliphatic rings. The number of rotatable bonds is 3. The van der Waals surface area contributed by atoms with Crippen molar-refractivity contribution in [2.24, 2.45) is 5.92 Å². The minimum atomic E-state index is 0.785. The SMILES string of the molecule is CNC1CCN(CC2CCCCC2)CC1. The summed E-state index contributed by atoms with van der Waals surface area (Å²) in [6.07, 6.45) is 10.1. The molecule has 2 fully saturated rings. The van der Waals surface area contributed by atoms with Gasteiger partial charge < -0.3 is 10.2 Å². The van der Waals surface area contributed by atoms with Gasteiger partial charge in [-0.1, -0.05) is 19.3 Å². The highest BCUT2D eigenvalue weighted by Gasteiger charge is 2.21. The molecule has 0 aromatic heterocycles. The normalized spacial score (nSPS) is 27.0. The number of nitrogens with one attached hydrogen (secondary N) is 1. The van der Waals surface area contributed by atoms with E-state index in [9.17, 15) is 0 Å². The molecule has 0 atom stereocenters. The van der Waals surface area contributed by atoms with E-state index in [1.807, 2.05) is 0 Å². The minimum absolute atomic E-state index is 0.785. The summed E-state index contributed by atoms with van der Waals surface area (Å²) in [5, 5.41) is 3.40. The number of hydrogen-bond donors (Lipinski definition) is 1. The summed E-state index contributed by atoms with van der Waals surface area (Å²) >= 11 is 0. The van der Waals surface area contributed by atoms with Crippen molar-refractivity contribution in [3.63, 3.8) is 0 Å². The molecule has 0 amide bonds. The second-order valence-corrected chi connectivity index (χ2v) is 5.37. The first kappa shape index (κ1) is 11.4. The molecule has 1 saturated heterocycles. The number of piperidine rings is 1. The van der Waals surface area contributed by atoms with Gasteiger partial charge in [-0.25, -0.2) is 0 Å². The van der Waals surface area contributed by atoms with E-state index < -0.39 is 0 Å². The van der Waals surface area contributed by atoms with Crippen LogP contribution >= 0.6 is 0 Å². The van der Waals surface area contributed by atoms with Crippen LogP contribution in [0, 0.1) is 5.92 Å². The quantitative estimate of drug-likeness (QED) is 0.768. The predicted molar refractivity (Wildman–Crippen MR) is 65.1 cm³/mol. The molecule has 0 unspecified atom stereocenters. The van der Waals surface area contributed by atoms with Crippen LogP contribution in [0.15, 0.2) is 0 Å². The number of nitrogens with zero attached hydrogens (tertiary/aromatic N) is 1. The van der Waals surface area contributed by atoms with Gasteiger partial charge in [0, 0.05) is 12.6 Å². The second kappa shape index (κ2) is 5.86. The van der Waals surface area contributed by atoms with E-state index in [0.29, 0.717) is 0 Å². The molecule has 0 aromatic carbocycles. The molecular weight excluding hydrogens is 184 g/mol. The maximum absolute atomic E-state index is 3.40. The summed E-state index contributed by atoms with van der Waals surface area (Å²) in [5.41, 5.74) is 0. The minimum Gasteiger partial charge on any atom is -0.317 e. The Labute approximate surface area is 94.4 Å². The molecule has 15 heavy (non-hydrogen) atoms. The number of hydrogen-bond acceptors (Lipinski definition) is 2.